The Morgan fingerprint density at radius 1 is 1.22 bits per heavy atom. The molecule has 3 amide bonds. The summed E-state index contributed by atoms with van der Waals surface area (Å²) in [6, 6.07) is 13.9. The zero-order valence-electron chi connectivity index (χ0n) is 14.1. The van der Waals surface area contributed by atoms with Crippen LogP contribution in [-0.2, 0) is 9.53 Å². The predicted molar refractivity (Wildman–Crippen MR) is 99.3 cm³/mol. The van der Waals surface area contributed by atoms with Crippen molar-refractivity contribution in [3.05, 3.63) is 65.2 Å². The van der Waals surface area contributed by atoms with Gasteiger partial charge in [0.25, 0.3) is 11.8 Å². The van der Waals surface area contributed by atoms with Gasteiger partial charge >= 0.3 is 6.09 Å². The molecule has 1 aromatic heterocycles. The summed E-state index contributed by atoms with van der Waals surface area (Å²) < 4.78 is 5.68. The zero-order valence-corrected chi connectivity index (χ0v) is 14.9. The minimum Gasteiger partial charge on any atom is -0.439 e. The molecule has 4 rings (SSSR count). The Balaban J connectivity index is 1.59. The Morgan fingerprint density at radius 3 is 2.78 bits per heavy atom. The maximum Gasteiger partial charge on any atom is 0.417 e. The lowest BCUT2D eigenvalue weighted by molar-refractivity contribution is -0.126. The third-order valence-corrected chi connectivity index (χ3v) is 5.10. The van der Waals surface area contributed by atoms with Crippen molar-refractivity contribution in [3.8, 4) is 0 Å². The molecule has 7 nitrogen and oxygen atoms in total. The van der Waals surface area contributed by atoms with Crippen molar-refractivity contribution in [1.82, 2.24) is 15.2 Å². The van der Waals surface area contributed by atoms with Crippen LogP contribution in [0.4, 0.5) is 4.79 Å². The molecule has 0 radical (unpaired) electrons. The Bertz CT molecular complexity index is 1000. The van der Waals surface area contributed by atoms with Crippen molar-refractivity contribution in [1.29, 1.82) is 0 Å². The Hall–Kier alpha value is -3.26. The first-order valence-electron chi connectivity index (χ1n) is 8.28. The first-order chi connectivity index (χ1) is 13.1. The minimum atomic E-state index is -0.693. The summed E-state index contributed by atoms with van der Waals surface area (Å²) in [6.45, 7) is -0.257. The van der Waals surface area contributed by atoms with Crippen molar-refractivity contribution in [2.75, 3.05) is 13.2 Å². The number of benzene rings is 2. The van der Waals surface area contributed by atoms with Crippen LogP contribution >= 0.6 is 11.3 Å². The molecule has 27 heavy (non-hydrogen) atoms. The Labute approximate surface area is 158 Å². The Morgan fingerprint density at radius 2 is 2.04 bits per heavy atom. The second kappa shape index (κ2) is 7.16. The number of amides is 3. The van der Waals surface area contributed by atoms with Crippen LogP contribution in [0.3, 0.4) is 0 Å². The fraction of sp³-hybridized carbons (Fsp3) is 0.158. The molecule has 136 valence electrons. The highest BCUT2D eigenvalue weighted by Crippen LogP contribution is 2.21. The molecule has 2 aromatic carbocycles. The van der Waals surface area contributed by atoms with Crippen LogP contribution in [0.2, 0.25) is 0 Å². The number of cyclic esters (lactones) is 1. The topological polar surface area (TPSA) is 88.6 Å². The van der Waals surface area contributed by atoms with Gasteiger partial charge in [0.15, 0.2) is 6.61 Å². The van der Waals surface area contributed by atoms with Crippen molar-refractivity contribution in [2.24, 2.45) is 0 Å². The smallest absolute Gasteiger partial charge is 0.417 e. The first-order valence-corrected chi connectivity index (χ1v) is 9.16. The molecular formula is C19H15N3O4S. The van der Waals surface area contributed by atoms with Gasteiger partial charge in [-0.25, -0.2) is 14.7 Å². The maximum atomic E-state index is 12.8. The second-order valence-electron chi connectivity index (χ2n) is 6.03. The fourth-order valence-electron chi connectivity index (χ4n) is 2.90. The summed E-state index contributed by atoms with van der Waals surface area (Å²) >= 11 is 1.46. The summed E-state index contributed by atoms with van der Waals surface area (Å²) in [5.41, 5.74) is 3.84. The van der Waals surface area contributed by atoms with Crippen LogP contribution in [0.25, 0.3) is 10.2 Å². The van der Waals surface area contributed by atoms with Crippen LogP contribution in [0, 0.1) is 0 Å². The van der Waals surface area contributed by atoms with E-state index >= 15 is 0 Å². The van der Waals surface area contributed by atoms with Gasteiger partial charge in [-0.15, -0.1) is 11.3 Å². The number of ether oxygens (including phenoxy) is 1. The van der Waals surface area contributed by atoms with Gasteiger partial charge in [0.1, 0.15) is 0 Å². The largest absolute Gasteiger partial charge is 0.439 e. The molecule has 0 spiro atoms. The number of nitrogens with zero attached hydrogens (tertiary/aromatic N) is 2. The summed E-state index contributed by atoms with van der Waals surface area (Å²) in [5, 5.41) is 2.92. The molecule has 0 bridgehead atoms. The maximum absolute atomic E-state index is 12.8. The third-order valence-electron chi connectivity index (χ3n) is 4.31. The molecule has 1 fully saturated rings. The molecule has 1 aliphatic heterocycles. The van der Waals surface area contributed by atoms with E-state index in [1.54, 1.807) is 23.7 Å². The number of aromatic nitrogens is 1. The van der Waals surface area contributed by atoms with Crippen LogP contribution in [0.5, 0.6) is 0 Å². The van der Waals surface area contributed by atoms with Gasteiger partial charge in [-0.2, -0.15) is 0 Å². The fourth-order valence-corrected chi connectivity index (χ4v) is 3.61. The van der Waals surface area contributed by atoms with E-state index in [9.17, 15) is 14.4 Å². The van der Waals surface area contributed by atoms with E-state index in [-0.39, 0.29) is 19.1 Å². The van der Waals surface area contributed by atoms with Gasteiger partial charge in [0, 0.05) is 5.56 Å². The van der Waals surface area contributed by atoms with Crippen LogP contribution in [-0.4, -0.2) is 40.9 Å². The highest BCUT2D eigenvalue weighted by molar-refractivity contribution is 7.16. The standard InChI is InChI=1S/C19H15N3O4S/c23-17-10-26-19(25)22(17)9-15(12-4-2-1-3-5-12)21-18(24)13-6-7-14-16(8-13)27-11-20-14/h1-8,11,15H,9-10H2,(H,21,24)/t15-/m0/s1. The molecule has 3 aromatic rings. The average Bonchev–Trinajstić information content (AvgIpc) is 3.28. The number of hydrogen-bond acceptors (Lipinski definition) is 6. The number of rotatable bonds is 5. The van der Waals surface area contributed by atoms with Gasteiger partial charge in [0.05, 0.1) is 28.3 Å². The van der Waals surface area contributed by atoms with E-state index in [4.69, 9.17) is 4.74 Å². The molecule has 8 heteroatoms. The summed E-state index contributed by atoms with van der Waals surface area (Å²) in [5.74, 6) is -0.708. The van der Waals surface area contributed by atoms with E-state index in [2.05, 4.69) is 10.3 Å². The van der Waals surface area contributed by atoms with E-state index < -0.39 is 18.0 Å². The van der Waals surface area contributed by atoms with Crippen molar-refractivity contribution in [2.45, 2.75) is 6.04 Å². The van der Waals surface area contributed by atoms with Crippen LogP contribution in [0.1, 0.15) is 22.0 Å². The van der Waals surface area contributed by atoms with Gasteiger partial charge in [-0.1, -0.05) is 30.3 Å². The second-order valence-corrected chi connectivity index (χ2v) is 6.92. The van der Waals surface area contributed by atoms with E-state index in [1.807, 2.05) is 30.3 Å². The van der Waals surface area contributed by atoms with Crippen LogP contribution < -0.4 is 5.32 Å². The van der Waals surface area contributed by atoms with Crippen molar-refractivity contribution >= 4 is 39.5 Å². The third kappa shape index (κ3) is 3.52. The van der Waals surface area contributed by atoms with Gasteiger partial charge in [-0.3, -0.25) is 9.59 Å². The summed E-state index contributed by atoms with van der Waals surface area (Å²) in [4.78, 5) is 41.7. The molecule has 0 unspecified atom stereocenters. The van der Waals surface area contributed by atoms with E-state index in [1.165, 1.54) is 11.3 Å². The molecule has 1 N–H and O–H groups in total. The highest BCUT2D eigenvalue weighted by atomic mass is 32.1. The number of carbonyl (C=O) groups is 3. The van der Waals surface area contributed by atoms with Crippen LogP contribution in [0.15, 0.2) is 54.0 Å². The monoisotopic (exact) mass is 381 g/mol. The molecule has 0 aliphatic carbocycles. The number of thiazole rings is 1. The zero-order chi connectivity index (χ0) is 18.8. The minimum absolute atomic E-state index is 0.0101. The number of carbonyl (C=O) groups excluding carboxylic acids is 3. The SMILES string of the molecule is O=C(N[C@@H](CN1C(=O)COC1=O)c1ccccc1)c1ccc2ncsc2c1. The lowest BCUT2D eigenvalue weighted by Crippen LogP contribution is -2.40. The normalized spacial score (nSPS) is 15.0. The highest BCUT2D eigenvalue weighted by Gasteiger charge is 2.33. The molecule has 1 atom stereocenters. The van der Waals surface area contributed by atoms with Gasteiger partial charge in [0.2, 0.25) is 0 Å². The average molecular weight is 381 g/mol. The van der Waals surface area contributed by atoms with Gasteiger partial charge < -0.3 is 10.1 Å². The van der Waals surface area contributed by atoms with E-state index in [0.29, 0.717) is 5.56 Å². The van der Waals surface area contributed by atoms with Gasteiger partial charge in [-0.05, 0) is 23.8 Å². The number of imide groups is 1. The van der Waals surface area contributed by atoms with Crippen molar-refractivity contribution < 1.29 is 19.1 Å². The van der Waals surface area contributed by atoms with Crippen molar-refractivity contribution in [3.63, 3.8) is 0 Å². The number of fused-ring (bicyclic) bond motifs is 1. The van der Waals surface area contributed by atoms with E-state index in [0.717, 1.165) is 20.7 Å². The molecule has 1 saturated heterocycles. The lowest BCUT2D eigenvalue weighted by Gasteiger charge is -2.23. The molecular weight excluding hydrogens is 366 g/mol. The Kier molecular flexibility index (Phi) is 4.55. The predicted octanol–water partition coefficient (Wildman–Crippen LogP) is 2.75. The lowest BCUT2D eigenvalue weighted by atomic mass is 10.1. The quantitative estimate of drug-likeness (QED) is 0.734. The molecule has 2 heterocycles. The summed E-state index contributed by atoms with van der Waals surface area (Å²) in [7, 11) is 0. The molecule has 1 aliphatic rings. The summed E-state index contributed by atoms with van der Waals surface area (Å²) in [6.07, 6.45) is -0.693. The molecule has 0 saturated carbocycles. The first kappa shape index (κ1) is 17.2. The number of nitrogens with one attached hydrogen (secondary N) is 1. The number of hydrogen-bond donors (Lipinski definition) is 1.